The fourth-order valence-corrected chi connectivity index (χ4v) is 1.53. The minimum Gasteiger partial charge on any atom is -0.354 e. The maximum absolute atomic E-state index is 13.3. The molecule has 0 aliphatic rings. The average molecular weight is 313 g/mol. The highest BCUT2D eigenvalue weighted by Gasteiger charge is 2.16. The van der Waals surface area contributed by atoms with Crippen molar-refractivity contribution in [2.75, 3.05) is 11.9 Å². The Labute approximate surface area is 126 Å². The van der Waals surface area contributed by atoms with Crippen molar-refractivity contribution in [3.8, 4) is 0 Å². The number of hydrogen-bond acceptors (Lipinski definition) is 3. The number of carbonyl (C=O) groups excluding carboxylic acids is 3. The normalized spacial score (nSPS) is 10.2. The van der Waals surface area contributed by atoms with Gasteiger partial charge in [-0.15, -0.1) is 0 Å². The summed E-state index contributed by atoms with van der Waals surface area (Å²) in [6.45, 7) is 3.55. The van der Waals surface area contributed by atoms with Gasteiger partial charge in [-0.3, -0.25) is 14.4 Å². The van der Waals surface area contributed by atoms with E-state index in [1.807, 2.05) is 5.32 Å². The molecule has 0 aromatic heterocycles. The van der Waals surface area contributed by atoms with Crippen LogP contribution in [0.5, 0.6) is 0 Å². The van der Waals surface area contributed by atoms with Gasteiger partial charge in [-0.25, -0.2) is 8.78 Å². The molecule has 120 valence electrons. The Morgan fingerprint density at radius 1 is 1.14 bits per heavy atom. The van der Waals surface area contributed by atoms with E-state index in [1.165, 1.54) is 0 Å². The number of nitrogens with one attached hydrogen (secondary N) is 3. The van der Waals surface area contributed by atoms with Gasteiger partial charge >= 0.3 is 11.8 Å². The summed E-state index contributed by atoms with van der Waals surface area (Å²) >= 11 is 0. The Kier molecular flexibility index (Phi) is 6.43. The largest absolute Gasteiger partial charge is 0.354 e. The van der Waals surface area contributed by atoms with E-state index in [-0.39, 0.29) is 30.6 Å². The number of carbonyl (C=O) groups is 3. The Balaban J connectivity index is 2.42. The van der Waals surface area contributed by atoms with Crippen molar-refractivity contribution in [3.63, 3.8) is 0 Å². The summed E-state index contributed by atoms with van der Waals surface area (Å²) in [5.41, 5.74) is -0.306. The number of hydrogen-bond donors (Lipinski definition) is 3. The third-order valence-electron chi connectivity index (χ3n) is 2.47. The molecule has 22 heavy (non-hydrogen) atoms. The highest BCUT2D eigenvalue weighted by molar-refractivity contribution is 6.39. The second-order valence-corrected chi connectivity index (χ2v) is 4.81. The Bertz CT molecular complexity index is 576. The molecule has 0 radical (unpaired) electrons. The van der Waals surface area contributed by atoms with Gasteiger partial charge in [0.15, 0.2) is 0 Å². The summed E-state index contributed by atoms with van der Waals surface area (Å²) in [6, 6.07) is 2.52. The first kappa shape index (κ1) is 17.5. The van der Waals surface area contributed by atoms with E-state index in [2.05, 4.69) is 10.6 Å². The second-order valence-electron chi connectivity index (χ2n) is 4.81. The second kappa shape index (κ2) is 8.06. The Hall–Kier alpha value is -2.51. The number of halogens is 2. The van der Waals surface area contributed by atoms with Gasteiger partial charge in [0.1, 0.15) is 11.6 Å². The first-order valence-corrected chi connectivity index (χ1v) is 6.63. The Morgan fingerprint density at radius 3 is 2.41 bits per heavy atom. The first-order valence-electron chi connectivity index (χ1n) is 6.63. The van der Waals surface area contributed by atoms with E-state index < -0.39 is 23.4 Å². The predicted octanol–water partition coefficient (Wildman–Crippen LogP) is 0.934. The van der Waals surface area contributed by atoms with Crippen molar-refractivity contribution < 1.29 is 23.2 Å². The van der Waals surface area contributed by atoms with Crippen molar-refractivity contribution in [3.05, 3.63) is 29.8 Å². The van der Waals surface area contributed by atoms with Crippen LogP contribution in [0.25, 0.3) is 0 Å². The van der Waals surface area contributed by atoms with Crippen molar-refractivity contribution in [1.29, 1.82) is 0 Å². The monoisotopic (exact) mass is 313 g/mol. The van der Waals surface area contributed by atoms with Gasteiger partial charge < -0.3 is 16.0 Å². The standard InChI is InChI=1S/C14H17F2N3O3/c1-8(2)18-12(20)5-6-17-13(21)14(22)19-11-4-3-9(15)7-10(11)16/h3-4,7-8H,5-6H2,1-2H3,(H,17,21)(H,18,20)(H,19,22). The van der Waals surface area contributed by atoms with Gasteiger partial charge in [-0.2, -0.15) is 0 Å². The molecule has 1 rings (SSSR count). The third-order valence-corrected chi connectivity index (χ3v) is 2.47. The molecular formula is C14H17F2N3O3. The smallest absolute Gasteiger partial charge is 0.313 e. The zero-order valence-corrected chi connectivity index (χ0v) is 12.2. The SMILES string of the molecule is CC(C)NC(=O)CCNC(=O)C(=O)Nc1ccc(F)cc1F. The molecule has 6 nitrogen and oxygen atoms in total. The number of rotatable bonds is 5. The van der Waals surface area contributed by atoms with Crippen molar-refractivity contribution in [2.45, 2.75) is 26.3 Å². The summed E-state index contributed by atoms with van der Waals surface area (Å²) in [7, 11) is 0. The molecular weight excluding hydrogens is 296 g/mol. The minimum atomic E-state index is -1.10. The van der Waals surface area contributed by atoms with Gasteiger partial charge in [0, 0.05) is 25.1 Å². The summed E-state index contributed by atoms with van der Waals surface area (Å²) < 4.78 is 26.0. The summed E-state index contributed by atoms with van der Waals surface area (Å²) in [4.78, 5) is 34.3. The third kappa shape index (κ3) is 5.86. The number of amides is 3. The van der Waals surface area contributed by atoms with Crippen molar-refractivity contribution in [1.82, 2.24) is 10.6 Å². The van der Waals surface area contributed by atoms with Crippen LogP contribution in [0.1, 0.15) is 20.3 Å². The van der Waals surface area contributed by atoms with Gasteiger partial charge in [0.05, 0.1) is 5.69 Å². The van der Waals surface area contributed by atoms with Crippen molar-refractivity contribution >= 4 is 23.4 Å². The van der Waals surface area contributed by atoms with E-state index >= 15 is 0 Å². The lowest BCUT2D eigenvalue weighted by Crippen LogP contribution is -2.38. The zero-order chi connectivity index (χ0) is 16.7. The van der Waals surface area contributed by atoms with Crippen LogP contribution < -0.4 is 16.0 Å². The topological polar surface area (TPSA) is 87.3 Å². The van der Waals surface area contributed by atoms with Crippen LogP contribution in [-0.4, -0.2) is 30.3 Å². The van der Waals surface area contributed by atoms with Crippen LogP contribution in [0.2, 0.25) is 0 Å². The molecule has 3 amide bonds. The molecule has 0 heterocycles. The average Bonchev–Trinajstić information content (AvgIpc) is 2.40. The molecule has 3 N–H and O–H groups in total. The molecule has 8 heteroatoms. The fourth-order valence-electron chi connectivity index (χ4n) is 1.53. The lowest BCUT2D eigenvalue weighted by molar-refractivity contribution is -0.136. The highest BCUT2D eigenvalue weighted by Crippen LogP contribution is 2.14. The van der Waals surface area contributed by atoms with E-state index in [0.29, 0.717) is 6.07 Å². The van der Waals surface area contributed by atoms with Crippen LogP contribution in [0.15, 0.2) is 18.2 Å². The molecule has 1 aromatic carbocycles. The van der Waals surface area contributed by atoms with Crippen LogP contribution in [0, 0.1) is 11.6 Å². The molecule has 0 saturated heterocycles. The van der Waals surface area contributed by atoms with Crippen molar-refractivity contribution in [2.24, 2.45) is 0 Å². The first-order chi connectivity index (χ1) is 10.3. The molecule has 0 atom stereocenters. The molecule has 0 saturated carbocycles. The van der Waals surface area contributed by atoms with Gasteiger partial charge in [-0.1, -0.05) is 0 Å². The number of benzene rings is 1. The molecule has 0 fully saturated rings. The summed E-state index contributed by atoms with van der Waals surface area (Å²) in [5.74, 6) is -4.16. The molecule has 0 unspecified atom stereocenters. The number of anilines is 1. The lowest BCUT2D eigenvalue weighted by Gasteiger charge is -2.09. The summed E-state index contributed by atoms with van der Waals surface area (Å²) in [5, 5.41) is 6.87. The van der Waals surface area contributed by atoms with Crippen LogP contribution >= 0.6 is 0 Å². The quantitative estimate of drug-likeness (QED) is 0.707. The Morgan fingerprint density at radius 2 is 1.82 bits per heavy atom. The maximum Gasteiger partial charge on any atom is 0.313 e. The fraction of sp³-hybridized carbons (Fsp3) is 0.357. The van der Waals surface area contributed by atoms with Crippen LogP contribution in [0.3, 0.4) is 0 Å². The highest BCUT2D eigenvalue weighted by atomic mass is 19.1. The molecule has 0 aliphatic carbocycles. The predicted molar refractivity (Wildman–Crippen MR) is 75.9 cm³/mol. The van der Waals surface area contributed by atoms with E-state index in [0.717, 1.165) is 12.1 Å². The van der Waals surface area contributed by atoms with E-state index in [4.69, 9.17) is 0 Å². The van der Waals surface area contributed by atoms with Gasteiger partial charge in [0.2, 0.25) is 5.91 Å². The van der Waals surface area contributed by atoms with Gasteiger partial charge in [-0.05, 0) is 26.0 Å². The van der Waals surface area contributed by atoms with E-state index in [1.54, 1.807) is 13.8 Å². The van der Waals surface area contributed by atoms with E-state index in [9.17, 15) is 23.2 Å². The van der Waals surface area contributed by atoms with Crippen LogP contribution in [0.4, 0.5) is 14.5 Å². The molecule has 0 aliphatic heterocycles. The summed E-state index contributed by atoms with van der Waals surface area (Å²) in [6.07, 6.45) is 0.0160. The molecule has 0 spiro atoms. The minimum absolute atomic E-state index is 0.0160. The van der Waals surface area contributed by atoms with Gasteiger partial charge in [0.25, 0.3) is 0 Å². The maximum atomic E-state index is 13.3. The zero-order valence-electron chi connectivity index (χ0n) is 12.2. The lowest BCUT2D eigenvalue weighted by atomic mass is 10.3. The molecule has 0 bridgehead atoms. The molecule has 1 aromatic rings. The van der Waals surface area contributed by atoms with Crippen LogP contribution in [-0.2, 0) is 14.4 Å².